The molecule has 5 heteroatoms. The van der Waals surface area contributed by atoms with E-state index >= 15 is 0 Å². The second-order valence-corrected chi connectivity index (χ2v) is 4.60. The molecule has 2 heterocycles. The van der Waals surface area contributed by atoms with E-state index in [0.717, 1.165) is 33.9 Å². The SMILES string of the molecule is O=Cc1ccc2[nH]nc(-c3nc4ccccc4[nH]3)c2c1. The van der Waals surface area contributed by atoms with E-state index in [0.29, 0.717) is 11.4 Å². The number of H-pyrrole nitrogens is 2. The van der Waals surface area contributed by atoms with Crippen LogP contribution in [0.5, 0.6) is 0 Å². The lowest BCUT2D eigenvalue weighted by Crippen LogP contribution is -1.83. The van der Waals surface area contributed by atoms with Crippen molar-refractivity contribution in [3.05, 3.63) is 48.0 Å². The molecule has 2 aromatic carbocycles. The van der Waals surface area contributed by atoms with Crippen molar-refractivity contribution in [2.75, 3.05) is 0 Å². The number of benzene rings is 2. The van der Waals surface area contributed by atoms with Gasteiger partial charge in [-0.05, 0) is 30.3 Å². The highest BCUT2D eigenvalue weighted by Gasteiger charge is 2.12. The van der Waals surface area contributed by atoms with Gasteiger partial charge in [0.05, 0.1) is 16.6 Å². The van der Waals surface area contributed by atoms with Crippen LogP contribution >= 0.6 is 0 Å². The van der Waals surface area contributed by atoms with E-state index in [2.05, 4.69) is 20.2 Å². The fraction of sp³-hybridized carbons (Fsp3) is 0. The first-order valence-electron chi connectivity index (χ1n) is 6.23. The Balaban J connectivity index is 1.98. The number of aldehydes is 1. The molecule has 0 fully saturated rings. The van der Waals surface area contributed by atoms with Gasteiger partial charge in [-0.3, -0.25) is 9.89 Å². The summed E-state index contributed by atoms with van der Waals surface area (Å²) in [6, 6.07) is 13.2. The van der Waals surface area contributed by atoms with Gasteiger partial charge in [0, 0.05) is 10.9 Å². The molecule has 0 saturated heterocycles. The first-order chi connectivity index (χ1) is 9.85. The number of aromatic nitrogens is 4. The summed E-state index contributed by atoms with van der Waals surface area (Å²) in [7, 11) is 0. The maximum absolute atomic E-state index is 10.9. The van der Waals surface area contributed by atoms with Crippen molar-refractivity contribution in [3.63, 3.8) is 0 Å². The van der Waals surface area contributed by atoms with Gasteiger partial charge in [-0.2, -0.15) is 5.10 Å². The standard InChI is InChI=1S/C15H10N4O/c20-8-9-5-6-11-10(7-9)14(19-18-11)15-16-12-3-1-2-4-13(12)17-15/h1-8H,(H,16,17)(H,18,19). The van der Waals surface area contributed by atoms with Crippen LogP contribution in [0.15, 0.2) is 42.5 Å². The number of aromatic amines is 2. The van der Waals surface area contributed by atoms with Crippen molar-refractivity contribution in [2.45, 2.75) is 0 Å². The van der Waals surface area contributed by atoms with Gasteiger partial charge in [-0.1, -0.05) is 12.1 Å². The van der Waals surface area contributed by atoms with Crippen LogP contribution in [0.25, 0.3) is 33.5 Å². The molecule has 0 aliphatic carbocycles. The number of carbonyl (C=O) groups is 1. The number of fused-ring (bicyclic) bond motifs is 2. The van der Waals surface area contributed by atoms with Crippen molar-refractivity contribution in [3.8, 4) is 11.5 Å². The first-order valence-corrected chi connectivity index (χ1v) is 6.23. The summed E-state index contributed by atoms with van der Waals surface area (Å²) in [5.74, 6) is 0.695. The smallest absolute Gasteiger partial charge is 0.159 e. The normalized spacial score (nSPS) is 11.2. The van der Waals surface area contributed by atoms with Gasteiger partial charge in [0.25, 0.3) is 0 Å². The van der Waals surface area contributed by atoms with Crippen LogP contribution in [0.3, 0.4) is 0 Å². The second-order valence-electron chi connectivity index (χ2n) is 4.60. The van der Waals surface area contributed by atoms with E-state index in [4.69, 9.17) is 0 Å². The van der Waals surface area contributed by atoms with Gasteiger partial charge in [-0.15, -0.1) is 0 Å². The Bertz CT molecular complexity index is 902. The van der Waals surface area contributed by atoms with E-state index in [1.54, 1.807) is 6.07 Å². The Labute approximate surface area is 113 Å². The van der Waals surface area contributed by atoms with Gasteiger partial charge in [-0.25, -0.2) is 4.98 Å². The number of imidazole rings is 1. The molecule has 4 rings (SSSR count). The molecule has 5 nitrogen and oxygen atoms in total. The van der Waals surface area contributed by atoms with E-state index in [1.165, 1.54) is 0 Å². The average Bonchev–Trinajstić information content (AvgIpc) is 3.09. The molecule has 0 atom stereocenters. The van der Waals surface area contributed by atoms with Crippen LogP contribution in [0, 0.1) is 0 Å². The van der Waals surface area contributed by atoms with E-state index in [1.807, 2.05) is 36.4 Å². The third-order valence-electron chi connectivity index (χ3n) is 3.34. The lowest BCUT2D eigenvalue weighted by atomic mass is 10.1. The molecule has 4 aromatic rings. The molecule has 2 N–H and O–H groups in total. The summed E-state index contributed by atoms with van der Waals surface area (Å²) < 4.78 is 0. The van der Waals surface area contributed by atoms with Crippen LogP contribution in [0.4, 0.5) is 0 Å². The summed E-state index contributed by atoms with van der Waals surface area (Å²) in [5, 5.41) is 8.14. The predicted molar refractivity (Wildman–Crippen MR) is 76.6 cm³/mol. The zero-order valence-corrected chi connectivity index (χ0v) is 10.4. The third-order valence-corrected chi connectivity index (χ3v) is 3.34. The molecule has 0 radical (unpaired) electrons. The number of rotatable bonds is 2. The molecule has 20 heavy (non-hydrogen) atoms. The molecule has 0 spiro atoms. The zero-order valence-electron chi connectivity index (χ0n) is 10.4. The van der Waals surface area contributed by atoms with E-state index in [-0.39, 0.29) is 0 Å². The first kappa shape index (κ1) is 10.9. The Kier molecular flexibility index (Phi) is 2.20. The molecule has 0 saturated carbocycles. The number of hydrogen-bond acceptors (Lipinski definition) is 3. The van der Waals surface area contributed by atoms with Crippen molar-refractivity contribution in [1.29, 1.82) is 0 Å². The predicted octanol–water partition coefficient (Wildman–Crippen LogP) is 2.92. The number of nitrogens with one attached hydrogen (secondary N) is 2. The second kappa shape index (κ2) is 4.03. The minimum absolute atomic E-state index is 0.622. The molecular weight excluding hydrogens is 252 g/mol. The third kappa shape index (κ3) is 1.53. The fourth-order valence-electron chi connectivity index (χ4n) is 2.35. The quantitative estimate of drug-likeness (QED) is 0.545. The Hall–Kier alpha value is -2.95. The lowest BCUT2D eigenvalue weighted by molar-refractivity contribution is 0.112. The molecule has 2 aromatic heterocycles. The molecule has 0 aliphatic heterocycles. The van der Waals surface area contributed by atoms with Gasteiger partial charge in [0.1, 0.15) is 12.0 Å². The van der Waals surface area contributed by atoms with E-state index in [9.17, 15) is 4.79 Å². The molecule has 96 valence electrons. The largest absolute Gasteiger partial charge is 0.337 e. The van der Waals surface area contributed by atoms with Crippen molar-refractivity contribution >= 4 is 28.2 Å². The van der Waals surface area contributed by atoms with Gasteiger partial charge < -0.3 is 4.98 Å². The van der Waals surface area contributed by atoms with Gasteiger partial charge >= 0.3 is 0 Å². The lowest BCUT2D eigenvalue weighted by Gasteiger charge is -1.94. The molecule has 0 aliphatic rings. The van der Waals surface area contributed by atoms with Crippen LogP contribution in [0.2, 0.25) is 0 Å². The number of carbonyl (C=O) groups excluding carboxylic acids is 1. The maximum atomic E-state index is 10.9. The molecular formula is C15H10N4O. The summed E-state index contributed by atoms with van der Waals surface area (Å²) in [6.45, 7) is 0. The highest BCUT2D eigenvalue weighted by molar-refractivity contribution is 5.96. The van der Waals surface area contributed by atoms with Crippen LogP contribution in [-0.4, -0.2) is 26.5 Å². The van der Waals surface area contributed by atoms with Crippen molar-refractivity contribution in [2.24, 2.45) is 0 Å². The molecule has 0 unspecified atom stereocenters. The van der Waals surface area contributed by atoms with Gasteiger partial charge in [0.2, 0.25) is 0 Å². The van der Waals surface area contributed by atoms with Crippen LogP contribution in [0.1, 0.15) is 10.4 Å². The molecule has 0 amide bonds. The number of para-hydroxylation sites is 2. The topological polar surface area (TPSA) is 74.4 Å². The number of hydrogen-bond donors (Lipinski definition) is 2. The number of nitrogens with zero attached hydrogens (tertiary/aromatic N) is 2. The summed E-state index contributed by atoms with van der Waals surface area (Å²) in [6.07, 6.45) is 0.828. The minimum Gasteiger partial charge on any atom is -0.337 e. The van der Waals surface area contributed by atoms with Crippen LogP contribution in [-0.2, 0) is 0 Å². The maximum Gasteiger partial charge on any atom is 0.159 e. The summed E-state index contributed by atoms with van der Waals surface area (Å²) in [4.78, 5) is 18.7. The van der Waals surface area contributed by atoms with Crippen LogP contribution < -0.4 is 0 Å². The summed E-state index contributed by atoms with van der Waals surface area (Å²) in [5.41, 5.74) is 4.08. The molecule has 0 bridgehead atoms. The van der Waals surface area contributed by atoms with E-state index < -0.39 is 0 Å². The Morgan fingerprint density at radius 3 is 2.80 bits per heavy atom. The Morgan fingerprint density at radius 2 is 1.95 bits per heavy atom. The van der Waals surface area contributed by atoms with Crippen molar-refractivity contribution < 1.29 is 4.79 Å². The highest BCUT2D eigenvalue weighted by atomic mass is 16.1. The van der Waals surface area contributed by atoms with Gasteiger partial charge in [0.15, 0.2) is 5.82 Å². The highest BCUT2D eigenvalue weighted by Crippen LogP contribution is 2.26. The zero-order chi connectivity index (χ0) is 13.5. The monoisotopic (exact) mass is 262 g/mol. The summed E-state index contributed by atoms with van der Waals surface area (Å²) >= 11 is 0. The van der Waals surface area contributed by atoms with Crippen molar-refractivity contribution in [1.82, 2.24) is 20.2 Å². The fourth-order valence-corrected chi connectivity index (χ4v) is 2.35. The Morgan fingerprint density at radius 1 is 1.05 bits per heavy atom. The minimum atomic E-state index is 0.622. The average molecular weight is 262 g/mol.